The van der Waals surface area contributed by atoms with Crippen LogP contribution in [0.15, 0.2) is 0 Å². The number of carbonyl (C=O) groups excluding carboxylic acids is 1. The molecule has 0 saturated carbocycles. The molecule has 0 unspecified atom stereocenters. The van der Waals surface area contributed by atoms with Crippen LogP contribution in [0, 0.1) is 0 Å². The van der Waals surface area contributed by atoms with Gasteiger partial charge in [-0.3, -0.25) is 4.79 Å². The maximum Gasteiger partial charge on any atom is 0.232 e. The van der Waals surface area contributed by atoms with E-state index < -0.39 is 0 Å². The average Bonchev–Trinajstić information content (AvgIpc) is 2.43. The number of hydrogen-bond acceptors (Lipinski definition) is 2. The van der Waals surface area contributed by atoms with Crippen LogP contribution in [-0.4, -0.2) is 23.8 Å². The van der Waals surface area contributed by atoms with Gasteiger partial charge in [0.15, 0.2) is 0 Å². The van der Waals surface area contributed by atoms with E-state index in [9.17, 15) is 4.79 Å². The van der Waals surface area contributed by atoms with Gasteiger partial charge in [-0.2, -0.15) is 0 Å². The molecule has 4 heteroatoms. The summed E-state index contributed by atoms with van der Waals surface area (Å²) in [6.45, 7) is 2.00. The van der Waals surface area contributed by atoms with Crippen LogP contribution in [0.2, 0.25) is 0 Å². The van der Waals surface area contributed by atoms with E-state index in [-0.39, 0.29) is 10.6 Å². The SMILES string of the molecule is C1CCOC1.O=C(Cl)CBr. The Hall–Kier alpha value is 0.400. The van der Waals surface area contributed by atoms with Crippen molar-refractivity contribution in [1.82, 2.24) is 0 Å². The third-order valence-corrected chi connectivity index (χ3v) is 1.90. The van der Waals surface area contributed by atoms with Crippen LogP contribution < -0.4 is 0 Å². The summed E-state index contributed by atoms with van der Waals surface area (Å²) in [6.07, 6.45) is 2.56. The van der Waals surface area contributed by atoms with Crippen molar-refractivity contribution in [2.24, 2.45) is 0 Å². The lowest BCUT2D eigenvalue weighted by atomic mass is 10.4. The molecule has 1 fully saturated rings. The molecule has 0 aromatic heterocycles. The first-order valence-corrected chi connectivity index (χ1v) is 4.59. The van der Waals surface area contributed by atoms with Crippen LogP contribution >= 0.6 is 27.5 Å². The van der Waals surface area contributed by atoms with Crippen molar-refractivity contribution in [3.8, 4) is 0 Å². The van der Waals surface area contributed by atoms with Crippen LogP contribution in [0.5, 0.6) is 0 Å². The topological polar surface area (TPSA) is 26.3 Å². The molecule has 1 heterocycles. The van der Waals surface area contributed by atoms with Gasteiger partial charge in [0.2, 0.25) is 5.24 Å². The first-order valence-electron chi connectivity index (χ1n) is 3.09. The lowest BCUT2D eigenvalue weighted by molar-refractivity contribution is -0.109. The van der Waals surface area contributed by atoms with E-state index in [1.807, 2.05) is 0 Å². The van der Waals surface area contributed by atoms with Crippen molar-refractivity contribution in [1.29, 1.82) is 0 Å². The van der Waals surface area contributed by atoms with Gasteiger partial charge in [0.25, 0.3) is 0 Å². The highest BCUT2D eigenvalue weighted by Gasteiger charge is 1.94. The van der Waals surface area contributed by atoms with E-state index in [2.05, 4.69) is 15.9 Å². The molecule has 0 aromatic rings. The van der Waals surface area contributed by atoms with Gasteiger partial charge in [0.05, 0.1) is 5.33 Å². The molecule has 60 valence electrons. The predicted octanol–water partition coefficient (Wildman–Crippen LogP) is 1.94. The minimum Gasteiger partial charge on any atom is -0.381 e. The van der Waals surface area contributed by atoms with Gasteiger partial charge in [0, 0.05) is 13.2 Å². The van der Waals surface area contributed by atoms with Crippen LogP contribution in [0.4, 0.5) is 0 Å². The fraction of sp³-hybridized carbons (Fsp3) is 0.833. The summed E-state index contributed by atoms with van der Waals surface area (Å²) >= 11 is 7.61. The molecule has 0 N–H and O–H groups in total. The highest BCUT2D eigenvalue weighted by atomic mass is 79.9. The second kappa shape index (κ2) is 7.51. The maximum absolute atomic E-state index is 9.53. The number of alkyl halides is 1. The van der Waals surface area contributed by atoms with Gasteiger partial charge in [-0.15, -0.1) is 0 Å². The molecule has 0 bridgehead atoms. The Morgan fingerprint density at radius 1 is 1.50 bits per heavy atom. The van der Waals surface area contributed by atoms with Gasteiger partial charge in [-0.05, 0) is 24.4 Å². The Kier molecular flexibility index (Phi) is 7.81. The molecule has 0 amide bonds. The van der Waals surface area contributed by atoms with Crippen molar-refractivity contribution in [3.63, 3.8) is 0 Å². The van der Waals surface area contributed by atoms with Crippen molar-refractivity contribution in [2.75, 3.05) is 18.5 Å². The Morgan fingerprint density at radius 2 is 1.90 bits per heavy atom. The molecule has 1 saturated heterocycles. The minimum absolute atomic E-state index is 0.245. The second-order valence-electron chi connectivity index (χ2n) is 1.81. The van der Waals surface area contributed by atoms with Gasteiger partial charge in [-0.1, -0.05) is 15.9 Å². The maximum atomic E-state index is 9.53. The molecule has 10 heavy (non-hydrogen) atoms. The number of halogens is 2. The van der Waals surface area contributed by atoms with Crippen molar-refractivity contribution < 1.29 is 9.53 Å². The lowest BCUT2D eigenvalue weighted by Crippen LogP contribution is -1.80. The smallest absolute Gasteiger partial charge is 0.232 e. The highest BCUT2D eigenvalue weighted by molar-refractivity contribution is 9.09. The zero-order valence-corrected chi connectivity index (χ0v) is 7.95. The normalized spacial score (nSPS) is 15.8. The van der Waals surface area contributed by atoms with Gasteiger partial charge < -0.3 is 4.74 Å². The van der Waals surface area contributed by atoms with Crippen LogP contribution in [0.1, 0.15) is 12.8 Å². The summed E-state index contributed by atoms with van der Waals surface area (Å²) in [4.78, 5) is 9.53. The summed E-state index contributed by atoms with van der Waals surface area (Å²) in [5.74, 6) is 0. The lowest BCUT2D eigenvalue weighted by Gasteiger charge is -1.76. The van der Waals surface area contributed by atoms with E-state index in [0.717, 1.165) is 13.2 Å². The third-order valence-electron chi connectivity index (χ3n) is 0.932. The largest absolute Gasteiger partial charge is 0.381 e. The Morgan fingerprint density at radius 3 is 2.00 bits per heavy atom. The van der Waals surface area contributed by atoms with Crippen LogP contribution in [0.25, 0.3) is 0 Å². The summed E-state index contributed by atoms with van der Waals surface area (Å²) < 4.78 is 4.94. The zero-order valence-electron chi connectivity index (χ0n) is 5.61. The molecular formula is C6H10BrClO2. The summed E-state index contributed by atoms with van der Waals surface area (Å²) in [6, 6.07) is 0. The van der Waals surface area contributed by atoms with Crippen LogP contribution in [-0.2, 0) is 9.53 Å². The van der Waals surface area contributed by atoms with E-state index in [0.29, 0.717) is 0 Å². The number of rotatable bonds is 1. The predicted molar refractivity (Wildman–Crippen MR) is 44.7 cm³/mol. The zero-order chi connectivity index (χ0) is 7.82. The highest BCUT2D eigenvalue weighted by Crippen LogP contribution is 1.98. The van der Waals surface area contributed by atoms with Gasteiger partial charge in [0.1, 0.15) is 0 Å². The molecule has 1 aliphatic heterocycles. The second-order valence-corrected chi connectivity index (χ2v) is 2.79. The monoisotopic (exact) mass is 228 g/mol. The standard InChI is InChI=1S/C4H8O.C2H2BrClO/c1-2-4-5-3-1;3-1-2(4)5/h1-4H2;1H2. The van der Waals surface area contributed by atoms with E-state index in [1.54, 1.807) is 0 Å². The quantitative estimate of drug-likeness (QED) is 0.507. The van der Waals surface area contributed by atoms with Gasteiger partial charge in [-0.25, -0.2) is 0 Å². The molecule has 0 radical (unpaired) electrons. The molecule has 1 aliphatic rings. The van der Waals surface area contributed by atoms with Gasteiger partial charge >= 0.3 is 0 Å². The number of ether oxygens (including phenoxy) is 1. The molecule has 0 spiro atoms. The molecular weight excluding hydrogens is 219 g/mol. The molecule has 0 aromatic carbocycles. The Balaban J connectivity index is 0.000000162. The van der Waals surface area contributed by atoms with E-state index in [4.69, 9.17) is 16.3 Å². The Labute approximate surface area is 74.0 Å². The summed E-state index contributed by atoms with van der Waals surface area (Å²) in [5.41, 5.74) is 0. The minimum atomic E-state index is -0.356. The van der Waals surface area contributed by atoms with Crippen molar-refractivity contribution in [3.05, 3.63) is 0 Å². The van der Waals surface area contributed by atoms with E-state index >= 15 is 0 Å². The molecule has 1 rings (SSSR count). The van der Waals surface area contributed by atoms with Crippen molar-refractivity contribution in [2.45, 2.75) is 12.8 Å². The first kappa shape index (κ1) is 10.4. The average molecular weight is 230 g/mol. The molecule has 0 aliphatic carbocycles. The summed E-state index contributed by atoms with van der Waals surface area (Å²) in [7, 11) is 0. The molecule has 0 atom stereocenters. The fourth-order valence-electron chi connectivity index (χ4n) is 0.510. The first-order chi connectivity index (χ1) is 4.77. The van der Waals surface area contributed by atoms with Crippen molar-refractivity contribution >= 4 is 32.8 Å². The number of carbonyl (C=O) groups is 1. The third kappa shape index (κ3) is 8.40. The molecule has 2 nitrogen and oxygen atoms in total. The van der Waals surface area contributed by atoms with Crippen LogP contribution in [0.3, 0.4) is 0 Å². The Bertz CT molecular complexity index is 86.1. The fourth-order valence-corrected chi connectivity index (χ4v) is 0.510. The van der Waals surface area contributed by atoms with E-state index in [1.165, 1.54) is 12.8 Å². The number of hydrogen-bond donors (Lipinski definition) is 0. The summed E-state index contributed by atoms with van der Waals surface area (Å²) in [5, 5.41) is -0.112.